The molecule has 0 radical (unpaired) electrons. The van der Waals surface area contributed by atoms with Crippen LogP contribution < -0.4 is 0 Å². The molecule has 1 aliphatic heterocycles. The number of hydrogen-bond acceptors (Lipinski definition) is 2. The Morgan fingerprint density at radius 3 is 2.58 bits per heavy atom. The summed E-state index contributed by atoms with van der Waals surface area (Å²) in [5.41, 5.74) is 0.827. The van der Waals surface area contributed by atoms with Crippen LogP contribution in [0.4, 0.5) is 0 Å². The molecule has 3 rings (SSSR count). The fraction of sp³-hybridized carbons (Fsp3) is 0.188. The molecule has 3 heteroatoms. The normalized spacial score (nSPS) is 17.5. The summed E-state index contributed by atoms with van der Waals surface area (Å²) in [7, 11) is 0. The number of aliphatic carboxylic acids is 1. The molecule has 0 bridgehead atoms. The molecule has 0 unspecified atom stereocenters. The molecule has 2 aromatic carbocycles. The number of carbonyl (C=O) groups is 1. The Balaban J connectivity index is 2.14. The maximum absolute atomic E-state index is 10.8. The van der Waals surface area contributed by atoms with Crippen molar-refractivity contribution in [3.05, 3.63) is 60.2 Å². The summed E-state index contributed by atoms with van der Waals surface area (Å²) < 4.78 is 5.33. The first-order chi connectivity index (χ1) is 9.21. The molecule has 1 saturated heterocycles. The van der Waals surface area contributed by atoms with Crippen LogP contribution in [0.15, 0.2) is 54.6 Å². The molecule has 0 amide bonds. The van der Waals surface area contributed by atoms with Crippen LogP contribution in [0.1, 0.15) is 5.56 Å². The van der Waals surface area contributed by atoms with E-state index in [9.17, 15) is 4.79 Å². The highest BCUT2D eigenvalue weighted by Crippen LogP contribution is 2.37. The van der Waals surface area contributed by atoms with Crippen LogP contribution in [0.5, 0.6) is 0 Å². The molecule has 0 aromatic heterocycles. The first-order valence-electron chi connectivity index (χ1n) is 6.19. The van der Waals surface area contributed by atoms with Gasteiger partial charge in [-0.05, 0) is 16.3 Å². The van der Waals surface area contributed by atoms with Crippen LogP contribution in [0, 0.1) is 0 Å². The lowest BCUT2D eigenvalue weighted by atomic mass is 9.76. The Hall–Kier alpha value is -2.13. The van der Waals surface area contributed by atoms with Gasteiger partial charge in [0.05, 0.1) is 18.6 Å². The first kappa shape index (κ1) is 11.9. The number of fused-ring (bicyclic) bond motifs is 1. The fourth-order valence-electron chi connectivity index (χ4n) is 2.55. The molecule has 0 spiro atoms. The van der Waals surface area contributed by atoms with Gasteiger partial charge in [0.2, 0.25) is 0 Å². The zero-order valence-corrected chi connectivity index (χ0v) is 10.4. The molecule has 1 aliphatic rings. The smallest absolute Gasteiger partial charge is 0.328 e. The molecule has 1 fully saturated rings. The average molecular weight is 254 g/mol. The van der Waals surface area contributed by atoms with Gasteiger partial charge in [0.15, 0.2) is 0 Å². The van der Waals surface area contributed by atoms with Gasteiger partial charge >= 0.3 is 5.97 Å². The predicted molar refractivity (Wildman–Crippen MR) is 73.2 cm³/mol. The second kappa shape index (κ2) is 4.52. The monoisotopic (exact) mass is 254 g/mol. The predicted octanol–water partition coefficient (Wildman–Crippen LogP) is 2.75. The number of hydrogen-bond donors (Lipinski definition) is 1. The largest absolute Gasteiger partial charge is 0.478 e. The van der Waals surface area contributed by atoms with Crippen molar-refractivity contribution in [3.8, 4) is 0 Å². The molecule has 2 aromatic rings. The van der Waals surface area contributed by atoms with Crippen LogP contribution >= 0.6 is 0 Å². The number of carboxylic acid groups (broad SMARTS) is 1. The van der Waals surface area contributed by atoms with Crippen LogP contribution in [-0.4, -0.2) is 24.3 Å². The van der Waals surface area contributed by atoms with E-state index in [-0.39, 0.29) is 5.41 Å². The van der Waals surface area contributed by atoms with E-state index in [0.29, 0.717) is 13.2 Å². The quantitative estimate of drug-likeness (QED) is 0.857. The van der Waals surface area contributed by atoms with Gasteiger partial charge in [-0.3, -0.25) is 0 Å². The molecule has 0 aliphatic carbocycles. The maximum Gasteiger partial charge on any atom is 0.328 e. The summed E-state index contributed by atoms with van der Waals surface area (Å²) in [6.07, 6.45) is 2.96. The van der Waals surface area contributed by atoms with Gasteiger partial charge in [-0.15, -0.1) is 0 Å². The van der Waals surface area contributed by atoms with E-state index in [0.717, 1.165) is 16.3 Å². The van der Waals surface area contributed by atoms with Crippen LogP contribution in [-0.2, 0) is 14.9 Å². The lowest BCUT2D eigenvalue weighted by molar-refractivity contribution is -0.131. The molecule has 19 heavy (non-hydrogen) atoms. The van der Waals surface area contributed by atoms with Crippen molar-refractivity contribution >= 4 is 16.7 Å². The van der Waals surface area contributed by atoms with Gasteiger partial charge in [-0.2, -0.15) is 0 Å². The minimum Gasteiger partial charge on any atom is -0.478 e. The van der Waals surface area contributed by atoms with Gasteiger partial charge < -0.3 is 9.84 Å². The lowest BCUT2D eigenvalue weighted by Gasteiger charge is -2.40. The Labute approximate surface area is 111 Å². The van der Waals surface area contributed by atoms with E-state index in [1.807, 2.05) is 18.2 Å². The highest BCUT2D eigenvalue weighted by molar-refractivity contribution is 5.87. The van der Waals surface area contributed by atoms with Crippen LogP contribution in [0.25, 0.3) is 10.8 Å². The molecule has 1 N–H and O–H groups in total. The molecular weight excluding hydrogens is 240 g/mol. The van der Waals surface area contributed by atoms with Crippen molar-refractivity contribution in [2.45, 2.75) is 5.41 Å². The van der Waals surface area contributed by atoms with Crippen molar-refractivity contribution in [2.24, 2.45) is 0 Å². The highest BCUT2D eigenvalue weighted by atomic mass is 16.5. The van der Waals surface area contributed by atoms with E-state index in [2.05, 4.69) is 24.3 Å². The van der Waals surface area contributed by atoms with E-state index >= 15 is 0 Å². The Morgan fingerprint density at radius 2 is 1.89 bits per heavy atom. The molecular formula is C16H14O3. The second-order valence-corrected chi connectivity index (χ2v) is 4.85. The number of benzene rings is 2. The van der Waals surface area contributed by atoms with Gasteiger partial charge in [0, 0.05) is 6.08 Å². The van der Waals surface area contributed by atoms with Gasteiger partial charge in [0.25, 0.3) is 0 Å². The third-order valence-corrected chi connectivity index (χ3v) is 3.59. The zero-order chi connectivity index (χ0) is 13.3. The lowest BCUT2D eigenvalue weighted by Crippen LogP contribution is -2.45. The summed E-state index contributed by atoms with van der Waals surface area (Å²) in [6, 6.07) is 14.3. The van der Waals surface area contributed by atoms with Crippen molar-refractivity contribution in [1.29, 1.82) is 0 Å². The van der Waals surface area contributed by atoms with E-state index in [1.54, 1.807) is 6.08 Å². The highest BCUT2D eigenvalue weighted by Gasteiger charge is 2.39. The van der Waals surface area contributed by atoms with E-state index in [1.165, 1.54) is 6.08 Å². The van der Waals surface area contributed by atoms with Gasteiger partial charge in [-0.25, -0.2) is 4.79 Å². The van der Waals surface area contributed by atoms with E-state index in [4.69, 9.17) is 9.84 Å². The summed E-state index contributed by atoms with van der Waals surface area (Å²) >= 11 is 0. The van der Waals surface area contributed by atoms with Crippen LogP contribution in [0.3, 0.4) is 0 Å². The molecule has 0 atom stereocenters. The number of carboxylic acids is 1. The summed E-state index contributed by atoms with van der Waals surface area (Å²) in [6.45, 7) is 1.07. The second-order valence-electron chi connectivity index (χ2n) is 4.85. The molecule has 3 nitrogen and oxygen atoms in total. The Morgan fingerprint density at radius 1 is 1.16 bits per heavy atom. The minimum absolute atomic E-state index is 0.306. The Kier molecular flexibility index (Phi) is 2.84. The first-order valence-corrected chi connectivity index (χ1v) is 6.19. The van der Waals surface area contributed by atoms with Crippen molar-refractivity contribution in [3.63, 3.8) is 0 Å². The molecule has 0 saturated carbocycles. The SMILES string of the molecule is O=C(O)/C=C/C1(c2cccc3ccccc23)COC1. The van der Waals surface area contributed by atoms with Gasteiger partial charge in [0.1, 0.15) is 0 Å². The summed E-state index contributed by atoms with van der Waals surface area (Å²) in [4.78, 5) is 10.8. The van der Waals surface area contributed by atoms with E-state index < -0.39 is 5.97 Å². The van der Waals surface area contributed by atoms with Crippen molar-refractivity contribution in [2.75, 3.05) is 13.2 Å². The maximum atomic E-state index is 10.8. The Bertz CT molecular complexity index is 649. The van der Waals surface area contributed by atoms with Gasteiger partial charge in [-0.1, -0.05) is 48.5 Å². The van der Waals surface area contributed by atoms with Crippen molar-refractivity contribution in [1.82, 2.24) is 0 Å². The topological polar surface area (TPSA) is 46.5 Å². The molecule has 96 valence electrons. The summed E-state index contributed by atoms with van der Waals surface area (Å²) in [5, 5.41) is 11.1. The standard InChI is InChI=1S/C16H14O3/c17-15(18)8-9-16(10-19-11-16)14-7-3-5-12-4-1-2-6-13(12)14/h1-9H,10-11H2,(H,17,18)/b9-8+. The summed E-state index contributed by atoms with van der Waals surface area (Å²) in [5.74, 6) is -0.925. The minimum atomic E-state index is -0.925. The third-order valence-electron chi connectivity index (χ3n) is 3.59. The fourth-order valence-corrected chi connectivity index (χ4v) is 2.55. The third kappa shape index (κ3) is 2.02. The van der Waals surface area contributed by atoms with Crippen molar-refractivity contribution < 1.29 is 14.6 Å². The number of rotatable bonds is 3. The average Bonchev–Trinajstić information content (AvgIpc) is 2.37. The zero-order valence-electron chi connectivity index (χ0n) is 10.4. The molecule has 1 heterocycles. The number of ether oxygens (including phenoxy) is 1. The van der Waals surface area contributed by atoms with Crippen LogP contribution in [0.2, 0.25) is 0 Å².